The molecule has 0 aliphatic carbocycles. The first-order valence-corrected chi connectivity index (χ1v) is 10.9. The Morgan fingerprint density at radius 2 is 2.03 bits per heavy atom. The molecule has 2 aromatic carbocycles. The van der Waals surface area contributed by atoms with E-state index < -0.39 is 6.17 Å². The largest absolute Gasteiger partial charge is 0.493 e. The molecule has 0 aromatic heterocycles. The molecule has 0 bridgehead atoms. The second kappa shape index (κ2) is 8.53. The predicted octanol–water partition coefficient (Wildman–Crippen LogP) is 2.53. The van der Waals surface area contributed by atoms with E-state index in [4.69, 9.17) is 19.6 Å². The fourth-order valence-corrected chi connectivity index (χ4v) is 4.23. The van der Waals surface area contributed by atoms with Gasteiger partial charge in [-0.2, -0.15) is 0 Å². The van der Waals surface area contributed by atoms with Crippen LogP contribution in [0.2, 0.25) is 0 Å². The SMILES string of the molecule is C=CCSC1=NN2C(=c3cc(Br)ccc3=N[C@@H]2c2ccc(OC)c(OC)c2)C(=O)N1. The number of halogens is 1. The van der Waals surface area contributed by atoms with Gasteiger partial charge in [-0.15, -0.1) is 11.7 Å². The molecule has 2 aromatic rings. The minimum atomic E-state index is -0.529. The summed E-state index contributed by atoms with van der Waals surface area (Å²) in [5.74, 6) is 1.60. The Morgan fingerprint density at radius 1 is 1.23 bits per heavy atom. The number of nitrogens with one attached hydrogen (secondary N) is 1. The number of amides is 1. The average molecular weight is 487 g/mol. The van der Waals surface area contributed by atoms with Crippen molar-refractivity contribution in [2.45, 2.75) is 6.17 Å². The number of methoxy groups -OCH3 is 2. The van der Waals surface area contributed by atoms with Gasteiger partial charge in [0.25, 0.3) is 5.91 Å². The minimum Gasteiger partial charge on any atom is -0.493 e. The maximum absolute atomic E-state index is 13.1. The van der Waals surface area contributed by atoms with Crippen LogP contribution in [0.25, 0.3) is 5.70 Å². The summed E-state index contributed by atoms with van der Waals surface area (Å²) < 4.78 is 11.7. The van der Waals surface area contributed by atoms with E-state index in [0.29, 0.717) is 28.1 Å². The number of hydrazone groups is 1. The molecule has 0 fully saturated rings. The van der Waals surface area contributed by atoms with Gasteiger partial charge >= 0.3 is 0 Å². The van der Waals surface area contributed by atoms with Gasteiger partial charge in [0.05, 0.1) is 19.6 Å². The van der Waals surface area contributed by atoms with Crippen molar-refractivity contribution < 1.29 is 14.3 Å². The zero-order valence-corrected chi connectivity index (χ0v) is 18.8. The van der Waals surface area contributed by atoms with Gasteiger partial charge in [-0.05, 0) is 30.3 Å². The van der Waals surface area contributed by atoms with Crippen molar-refractivity contribution in [3.63, 3.8) is 0 Å². The number of ether oxygens (including phenoxy) is 2. The zero-order chi connectivity index (χ0) is 21.3. The summed E-state index contributed by atoms with van der Waals surface area (Å²) in [6, 6.07) is 11.2. The standard InChI is InChI=1S/C21H19BrN4O3S/c1-4-9-30-21-24-20(27)18-14-11-13(22)6-7-15(14)23-19(26(18)25-21)12-5-8-16(28-2)17(10-12)29-3/h4-8,10-11,19H,1,9H2,2-3H3,(H,24,25,27)/t19-/m0/s1. The molecule has 2 aliphatic heterocycles. The van der Waals surface area contributed by atoms with E-state index in [-0.39, 0.29) is 5.91 Å². The molecule has 1 amide bonds. The van der Waals surface area contributed by atoms with Gasteiger partial charge in [-0.25, -0.2) is 5.01 Å². The van der Waals surface area contributed by atoms with E-state index >= 15 is 0 Å². The fraction of sp³-hybridized carbons (Fsp3) is 0.190. The van der Waals surface area contributed by atoms with Gasteiger partial charge in [-0.3, -0.25) is 15.1 Å². The lowest BCUT2D eigenvalue weighted by Crippen LogP contribution is -2.50. The van der Waals surface area contributed by atoms with Crippen molar-refractivity contribution in [1.82, 2.24) is 10.3 Å². The lowest BCUT2D eigenvalue weighted by molar-refractivity contribution is -0.116. The Kier molecular flexibility index (Phi) is 5.83. The molecular formula is C21H19BrN4O3S. The molecule has 4 rings (SSSR count). The molecule has 154 valence electrons. The van der Waals surface area contributed by atoms with Crippen molar-refractivity contribution in [2.24, 2.45) is 10.1 Å². The van der Waals surface area contributed by atoms with Crippen molar-refractivity contribution in [2.75, 3.05) is 20.0 Å². The number of fused-ring (bicyclic) bond motifs is 2. The highest BCUT2D eigenvalue weighted by atomic mass is 79.9. The number of rotatable bonds is 5. The van der Waals surface area contributed by atoms with Gasteiger partial charge in [0.2, 0.25) is 0 Å². The molecular weight excluding hydrogens is 468 g/mol. The van der Waals surface area contributed by atoms with Crippen molar-refractivity contribution in [1.29, 1.82) is 0 Å². The second-order valence-corrected chi connectivity index (χ2v) is 8.36. The molecule has 0 saturated carbocycles. The first-order valence-electron chi connectivity index (χ1n) is 9.08. The molecule has 0 saturated heterocycles. The number of amidine groups is 1. The predicted molar refractivity (Wildman–Crippen MR) is 121 cm³/mol. The van der Waals surface area contributed by atoms with E-state index in [1.54, 1.807) is 25.3 Å². The van der Waals surface area contributed by atoms with Crippen LogP contribution in [0, 0.1) is 0 Å². The maximum atomic E-state index is 13.1. The van der Waals surface area contributed by atoms with Crippen molar-refractivity contribution >= 4 is 44.5 Å². The number of carbonyl (C=O) groups excluding carboxylic acids is 1. The van der Waals surface area contributed by atoms with Crippen LogP contribution in [0.4, 0.5) is 0 Å². The Morgan fingerprint density at radius 3 is 2.77 bits per heavy atom. The Labute approximate surface area is 186 Å². The number of carbonyl (C=O) groups is 1. The third kappa shape index (κ3) is 3.70. The first kappa shape index (κ1) is 20.5. The second-order valence-electron chi connectivity index (χ2n) is 6.43. The molecule has 0 unspecified atom stereocenters. The van der Waals surface area contributed by atoms with E-state index in [1.165, 1.54) is 11.8 Å². The average Bonchev–Trinajstić information content (AvgIpc) is 2.76. The van der Waals surface area contributed by atoms with Crippen molar-refractivity contribution in [3.05, 3.63) is 69.7 Å². The number of hydrogen-bond donors (Lipinski definition) is 1. The van der Waals surface area contributed by atoms with Gasteiger partial charge < -0.3 is 9.47 Å². The molecule has 0 spiro atoms. The van der Waals surface area contributed by atoms with Crippen LogP contribution in [0.15, 0.2) is 63.6 Å². The van der Waals surface area contributed by atoms with Crippen LogP contribution in [0.3, 0.4) is 0 Å². The number of thioether (sulfide) groups is 1. The topological polar surface area (TPSA) is 75.5 Å². The Hall–Kier alpha value is -2.78. The van der Waals surface area contributed by atoms with E-state index in [0.717, 1.165) is 20.6 Å². The molecule has 2 aliphatic rings. The number of hydrogen-bond acceptors (Lipinski definition) is 7. The van der Waals surface area contributed by atoms with Crippen LogP contribution < -0.4 is 25.4 Å². The monoisotopic (exact) mass is 486 g/mol. The van der Waals surface area contributed by atoms with Gasteiger partial charge in [0.1, 0.15) is 5.70 Å². The van der Waals surface area contributed by atoms with E-state index in [9.17, 15) is 4.79 Å². The minimum absolute atomic E-state index is 0.226. The molecule has 1 N–H and O–H groups in total. The third-order valence-electron chi connectivity index (χ3n) is 4.61. The highest BCUT2D eigenvalue weighted by Crippen LogP contribution is 2.35. The zero-order valence-electron chi connectivity index (χ0n) is 16.4. The molecule has 30 heavy (non-hydrogen) atoms. The summed E-state index contributed by atoms with van der Waals surface area (Å²) in [5, 5.41) is 11.2. The number of benzene rings is 2. The molecule has 2 heterocycles. The fourth-order valence-electron chi connectivity index (χ4n) is 3.28. The Bertz CT molecular complexity index is 1180. The molecule has 9 heteroatoms. The van der Waals surface area contributed by atoms with Crippen LogP contribution in [-0.4, -0.2) is 36.1 Å². The smallest absolute Gasteiger partial charge is 0.276 e. The summed E-state index contributed by atoms with van der Waals surface area (Å²) in [4.78, 5) is 18.0. The lowest BCUT2D eigenvalue weighted by Gasteiger charge is -2.34. The maximum Gasteiger partial charge on any atom is 0.276 e. The molecule has 1 atom stereocenters. The van der Waals surface area contributed by atoms with Crippen molar-refractivity contribution in [3.8, 4) is 11.5 Å². The quantitative estimate of drug-likeness (QED) is 0.657. The summed E-state index contributed by atoms with van der Waals surface area (Å²) in [6.45, 7) is 3.73. The molecule has 0 radical (unpaired) electrons. The van der Waals surface area contributed by atoms with E-state index in [2.05, 4.69) is 27.8 Å². The summed E-state index contributed by atoms with van der Waals surface area (Å²) in [7, 11) is 3.17. The van der Waals surface area contributed by atoms with Crippen LogP contribution in [-0.2, 0) is 4.79 Å². The van der Waals surface area contributed by atoms with Gasteiger partial charge in [-0.1, -0.05) is 39.8 Å². The van der Waals surface area contributed by atoms with Gasteiger partial charge in [0.15, 0.2) is 22.8 Å². The summed E-state index contributed by atoms with van der Waals surface area (Å²) in [6.07, 6.45) is 1.23. The van der Waals surface area contributed by atoms with Crippen LogP contribution >= 0.6 is 27.7 Å². The van der Waals surface area contributed by atoms with Crippen LogP contribution in [0.1, 0.15) is 11.7 Å². The third-order valence-corrected chi connectivity index (χ3v) is 5.97. The van der Waals surface area contributed by atoms with Crippen LogP contribution in [0.5, 0.6) is 11.5 Å². The first-order chi connectivity index (χ1) is 14.5. The Balaban J connectivity index is 1.92. The highest BCUT2D eigenvalue weighted by Gasteiger charge is 2.34. The summed E-state index contributed by atoms with van der Waals surface area (Å²) in [5.41, 5.74) is 1.27. The normalized spacial score (nSPS) is 17.2. The van der Waals surface area contributed by atoms with Gasteiger partial charge in [0, 0.05) is 21.0 Å². The number of nitrogens with zero attached hydrogens (tertiary/aromatic N) is 3. The summed E-state index contributed by atoms with van der Waals surface area (Å²) >= 11 is 4.88. The van der Waals surface area contributed by atoms with E-state index in [1.807, 2.05) is 36.4 Å². The lowest BCUT2D eigenvalue weighted by atomic mass is 10.1. The highest BCUT2D eigenvalue weighted by molar-refractivity contribution is 9.10. The molecule has 7 nitrogen and oxygen atoms in total.